The summed E-state index contributed by atoms with van der Waals surface area (Å²) in [7, 11) is 0. The normalized spacial score (nSPS) is 17.8. The number of amides is 1. The fourth-order valence-electron chi connectivity index (χ4n) is 2.99. The lowest BCUT2D eigenvalue weighted by molar-refractivity contribution is -0.137. The SMILES string of the molecule is O=C(O)CCC(Cc1ccccc1)NC(=O)c1cnc(C2CCCO2)s1. The van der Waals surface area contributed by atoms with Gasteiger partial charge in [0.05, 0.1) is 6.20 Å². The number of aliphatic carboxylic acids is 1. The Morgan fingerprint density at radius 3 is 2.85 bits per heavy atom. The van der Waals surface area contributed by atoms with Gasteiger partial charge in [0.25, 0.3) is 5.91 Å². The minimum absolute atomic E-state index is 0.00586. The Balaban J connectivity index is 1.64. The van der Waals surface area contributed by atoms with E-state index in [0.29, 0.717) is 17.7 Å². The minimum atomic E-state index is -0.865. The fourth-order valence-corrected chi connectivity index (χ4v) is 3.90. The summed E-state index contributed by atoms with van der Waals surface area (Å²) < 4.78 is 5.61. The zero-order valence-electron chi connectivity index (χ0n) is 14.4. The largest absolute Gasteiger partial charge is 0.481 e. The van der Waals surface area contributed by atoms with Crippen LogP contribution in [0.2, 0.25) is 0 Å². The van der Waals surface area contributed by atoms with Gasteiger partial charge in [-0.2, -0.15) is 0 Å². The molecular formula is C19H22N2O4S. The summed E-state index contributed by atoms with van der Waals surface area (Å²) in [5.74, 6) is -1.08. The van der Waals surface area contributed by atoms with Gasteiger partial charge in [0.1, 0.15) is 16.0 Å². The molecule has 0 bridgehead atoms. The van der Waals surface area contributed by atoms with E-state index in [0.717, 1.165) is 30.0 Å². The molecule has 2 aromatic rings. The summed E-state index contributed by atoms with van der Waals surface area (Å²) in [6, 6.07) is 9.50. The zero-order chi connectivity index (χ0) is 18.4. The van der Waals surface area contributed by atoms with Crippen LogP contribution in [0.4, 0.5) is 0 Å². The van der Waals surface area contributed by atoms with Gasteiger partial charge in [-0.1, -0.05) is 30.3 Å². The van der Waals surface area contributed by atoms with Crippen LogP contribution in [0.15, 0.2) is 36.5 Å². The molecule has 0 radical (unpaired) electrons. The first-order chi connectivity index (χ1) is 12.6. The molecule has 0 saturated carbocycles. The third-order valence-electron chi connectivity index (χ3n) is 4.32. The standard InChI is InChI=1S/C19H22N2O4S/c22-17(23)9-8-14(11-13-5-2-1-3-6-13)21-18(24)16-12-20-19(26-16)15-7-4-10-25-15/h1-3,5-6,12,14-15H,4,7-11H2,(H,21,24)(H,22,23). The quantitative estimate of drug-likeness (QED) is 0.741. The van der Waals surface area contributed by atoms with E-state index in [4.69, 9.17) is 9.84 Å². The minimum Gasteiger partial charge on any atom is -0.481 e. The van der Waals surface area contributed by atoms with E-state index in [1.165, 1.54) is 11.3 Å². The molecule has 1 amide bonds. The molecule has 1 aliphatic heterocycles. The number of nitrogens with zero attached hydrogens (tertiary/aromatic N) is 1. The molecule has 1 fully saturated rings. The highest BCUT2D eigenvalue weighted by atomic mass is 32.1. The van der Waals surface area contributed by atoms with Crippen molar-refractivity contribution >= 4 is 23.2 Å². The molecule has 0 spiro atoms. The Labute approximate surface area is 156 Å². The summed E-state index contributed by atoms with van der Waals surface area (Å²) in [6.07, 6.45) is 4.51. The fraction of sp³-hybridized carbons (Fsp3) is 0.421. The Morgan fingerprint density at radius 2 is 2.15 bits per heavy atom. The maximum atomic E-state index is 12.6. The lowest BCUT2D eigenvalue weighted by atomic mass is 10.0. The van der Waals surface area contributed by atoms with Gasteiger partial charge in [-0.05, 0) is 31.2 Å². The van der Waals surface area contributed by atoms with E-state index in [1.54, 1.807) is 6.20 Å². The number of hydrogen-bond donors (Lipinski definition) is 2. The molecule has 1 aromatic carbocycles. The summed E-state index contributed by atoms with van der Waals surface area (Å²) in [4.78, 5) is 28.4. The van der Waals surface area contributed by atoms with Gasteiger partial charge < -0.3 is 15.2 Å². The van der Waals surface area contributed by atoms with Crippen molar-refractivity contribution in [2.24, 2.45) is 0 Å². The second-order valence-electron chi connectivity index (χ2n) is 6.36. The van der Waals surface area contributed by atoms with Crippen molar-refractivity contribution in [3.8, 4) is 0 Å². The monoisotopic (exact) mass is 374 g/mol. The predicted octanol–water partition coefficient (Wildman–Crippen LogP) is 3.20. The highest BCUT2D eigenvalue weighted by Crippen LogP contribution is 2.31. The van der Waals surface area contributed by atoms with Crippen LogP contribution in [-0.2, 0) is 16.0 Å². The smallest absolute Gasteiger partial charge is 0.303 e. The maximum Gasteiger partial charge on any atom is 0.303 e. The second kappa shape index (κ2) is 8.91. The average Bonchev–Trinajstić information content (AvgIpc) is 3.31. The highest BCUT2D eigenvalue weighted by Gasteiger charge is 2.23. The van der Waals surface area contributed by atoms with E-state index in [1.807, 2.05) is 30.3 Å². The van der Waals surface area contributed by atoms with Crippen LogP contribution in [0.5, 0.6) is 0 Å². The number of carboxylic acids is 1. The molecular weight excluding hydrogens is 352 g/mol. The number of thiazole rings is 1. The Hall–Kier alpha value is -2.25. The maximum absolute atomic E-state index is 12.6. The number of carboxylic acid groups (broad SMARTS) is 1. The molecule has 2 N–H and O–H groups in total. The van der Waals surface area contributed by atoms with Crippen molar-refractivity contribution < 1.29 is 19.4 Å². The number of aromatic nitrogens is 1. The Morgan fingerprint density at radius 1 is 1.35 bits per heavy atom. The highest BCUT2D eigenvalue weighted by molar-refractivity contribution is 7.13. The molecule has 1 aromatic heterocycles. The molecule has 1 saturated heterocycles. The van der Waals surface area contributed by atoms with E-state index >= 15 is 0 Å². The Kier molecular flexibility index (Phi) is 6.35. The number of rotatable bonds is 8. The molecule has 3 rings (SSSR count). The number of benzene rings is 1. The third-order valence-corrected chi connectivity index (χ3v) is 5.41. The molecule has 7 heteroatoms. The van der Waals surface area contributed by atoms with Gasteiger partial charge >= 0.3 is 5.97 Å². The van der Waals surface area contributed by atoms with Crippen LogP contribution in [0, 0.1) is 0 Å². The summed E-state index contributed by atoms with van der Waals surface area (Å²) in [5, 5.41) is 12.8. The van der Waals surface area contributed by atoms with Gasteiger partial charge in [-0.3, -0.25) is 9.59 Å². The number of carbonyl (C=O) groups excluding carboxylic acids is 1. The van der Waals surface area contributed by atoms with Crippen molar-refractivity contribution in [1.82, 2.24) is 10.3 Å². The van der Waals surface area contributed by atoms with Crippen molar-refractivity contribution in [2.75, 3.05) is 6.61 Å². The summed E-state index contributed by atoms with van der Waals surface area (Å²) in [6.45, 7) is 0.736. The molecule has 138 valence electrons. The summed E-state index contributed by atoms with van der Waals surface area (Å²) in [5.41, 5.74) is 1.06. The number of nitrogens with one attached hydrogen (secondary N) is 1. The molecule has 2 heterocycles. The topological polar surface area (TPSA) is 88.5 Å². The van der Waals surface area contributed by atoms with Crippen LogP contribution in [0.1, 0.15) is 52.0 Å². The van der Waals surface area contributed by atoms with E-state index in [-0.39, 0.29) is 24.5 Å². The van der Waals surface area contributed by atoms with Crippen molar-refractivity contribution in [3.05, 3.63) is 52.0 Å². The molecule has 1 aliphatic rings. The number of carbonyl (C=O) groups is 2. The van der Waals surface area contributed by atoms with Gasteiger partial charge in [-0.15, -0.1) is 11.3 Å². The van der Waals surface area contributed by atoms with Crippen LogP contribution < -0.4 is 5.32 Å². The molecule has 26 heavy (non-hydrogen) atoms. The Bertz CT molecular complexity index is 741. The molecule has 6 nitrogen and oxygen atoms in total. The third kappa shape index (κ3) is 5.12. The van der Waals surface area contributed by atoms with Crippen molar-refractivity contribution in [2.45, 2.75) is 44.2 Å². The summed E-state index contributed by atoms with van der Waals surface area (Å²) >= 11 is 1.35. The van der Waals surface area contributed by atoms with Gasteiger partial charge in [0.2, 0.25) is 0 Å². The van der Waals surface area contributed by atoms with Crippen LogP contribution in [0.3, 0.4) is 0 Å². The second-order valence-corrected chi connectivity index (χ2v) is 7.42. The lowest BCUT2D eigenvalue weighted by Gasteiger charge is -2.17. The number of ether oxygens (including phenoxy) is 1. The van der Waals surface area contributed by atoms with Gasteiger partial charge in [0.15, 0.2) is 0 Å². The molecule has 2 atom stereocenters. The van der Waals surface area contributed by atoms with Crippen LogP contribution >= 0.6 is 11.3 Å². The van der Waals surface area contributed by atoms with E-state index in [9.17, 15) is 9.59 Å². The van der Waals surface area contributed by atoms with Gasteiger partial charge in [-0.25, -0.2) is 4.98 Å². The molecule has 0 aliphatic carbocycles. The lowest BCUT2D eigenvalue weighted by Crippen LogP contribution is -2.36. The first-order valence-corrected chi connectivity index (χ1v) is 9.57. The van der Waals surface area contributed by atoms with Crippen molar-refractivity contribution in [3.63, 3.8) is 0 Å². The molecule has 2 unspecified atom stereocenters. The van der Waals surface area contributed by atoms with Crippen LogP contribution in [0.25, 0.3) is 0 Å². The average molecular weight is 374 g/mol. The van der Waals surface area contributed by atoms with E-state index < -0.39 is 5.97 Å². The number of hydrogen-bond acceptors (Lipinski definition) is 5. The van der Waals surface area contributed by atoms with Crippen molar-refractivity contribution in [1.29, 1.82) is 0 Å². The van der Waals surface area contributed by atoms with E-state index in [2.05, 4.69) is 10.3 Å². The first-order valence-electron chi connectivity index (χ1n) is 8.75. The zero-order valence-corrected chi connectivity index (χ0v) is 15.2. The van der Waals surface area contributed by atoms with Crippen LogP contribution in [-0.4, -0.2) is 34.6 Å². The van der Waals surface area contributed by atoms with Gasteiger partial charge in [0, 0.05) is 19.1 Å². The predicted molar refractivity (Wildman–Crippen MR) is 98.3 cm³/mol. The first kappa shape index (κ1) is 18.5.